The van der Waals surface area contributed by atoms with Crippen LogP contribution in [0.25, 0.3) is 10.9 Å². The molecule has 3 unspecified atom stereocenters. The van der Waals surface area contributed by atoms with Crippen molar-refractivity contribution in [2.75, 3.05) is 6.54 Å². The zero-order chi connectivity index (χ0) is 29.2. The number of nitrogens with two attached hydrogens (primary N) is 1. The Morgan fingerprint density at radius 3 is 2.45 bits per heavy atom. The fourth-order valence-corrected chi connectivity index (χ4v) is 7.03. The lowest BCUT2D eigenvalue weighted by molar-refractivity contribution is -0.159. The van der Waals surface area contributed by atoms with Crippen molar-refractivity contribution in [3.05, 3.63) is 65.4 Å². The number of rotatable bonds is 9. The SMILES string of the molecule is Cc1ccc(S(=O)(=O)N2C(C(=O)NC(CCCCN)C(=O)OC(C)(C)C)Cc3c([nH]c4ccccc34)C2C)cc1. The van der Waals surface area contributed by atoms with Gasteiger partial charge in [-0.2, -0.15) is 4.31 Å². The number of nitrogens with zero attached hydrogens (tertiary/aromatic N) is 1. The van der Waals surface area contributed by atoms with E-state index in [0.29, 0.717) is 25.8 Å². The number of hydrogen-bond acceptors (Lipinski definition) is 6. The molecule has 9 nitrogen and oxygen atoms in total. The predicted molar refractivity (Wildman–Crippen MR) is 155 cm³/mol. The fraction of sp³-hybridized carbons (Fsp3) is 0.467. The molecule has 10 heteroatoms. The molecule has 0 saturated carbocycles. The Bertz CT molecular complexity index is 1470. The van der Waals surface area contributed by atoms with Crippen molar-refractivity contribution in [3.63, 3.8) is 0 Å². The van der Waals surface area contributed by atoms with Crippen LogP contribution in [0.2, 0.25) is 0 Å². The van der Waals surface area contributed by atoms with E-state index in [-0.39, 0.29) is 11.3 Å². The number of fused-ring (bicyclic) bond motifs is 3. The summed E-state index contributed by atoms with van der Waals surface area (Å²) in [7, 11) is -4.09. The maximum Gasteiger partial charge on any atom is 0.329 e. The largest absolute Gasteiger partial charge is 0.458 e. The van der Waals surface area contributed by atoms with E-state index in [0.717, 1.165) is 27.7 Å². The molecule has 4 rings (SSSR count). The molecule has 1 amide bonds. The minimum atomic E-state index is -4.09. The first kappa shape index (κ1) is 29.8. The maximum atomic E-state index is 14.1. The summed E-state index contributed by atoms with van der Waals surface area (Å²) < 4.78 is 35.1. The second-order valence-corrected chi connectivity index (χ2v) is 13.3. The number of unbranched alkanes of at least 4 members (excludes halogenated alkanes) is 1. The van der Waals surface area contributed by atoms with Crippen molar-refractivity contribution in [2.45, 2.75) is 88.9 Å². The first-order valence-electron chi connectivity index (χ1n) is 13.8. The molecule has 0 aliphatic carbocycles. The summed E-state index contributed by atoms with van der Waals surface area (Å²) in [5, 5.41) is 3.80. The van der Waals surface area contributed by atoms with Gasteiger partial charge in [-0.05, 0) is 84.2 Å². The smallest absolute Gasteiger partial charge is 0.329 e. The van der Waals surface area contributed by atoms with E-state index < -0.39 is 45.6 Å². The summed E-state index contributed by atoms with van der Waals surface area (Å²) in [4.78, 5) is 30.6. The van der Waals surface area contributed by atoms with Crippen molar-refractivity contribution in [3.8, 4) is 0 Å². The molecule has 216 valence electrons. The Labute approximate surface area is 236 Å². The zero-order valence-electron chi connectivity index (χ0n) is 23.9. The second kappa shape index (κ2) is 11.7. The lowest BCUT2D eigenvalue weighted by atomic mass is 9.93. The standard InChI is InChI=1S/C30H40N4O5S/c1-19-13-15-21(16-14-19)40(37,38)34-20(2)27-23(22-10-6-7-11-24(22)32-27)18-26(34)28(35)33-25(12-8-9-17-31)29(36)39-30(3,4)5/h6-7,10-11,13-16,20,25-26,32H,8-9,12,17-18,31H2,1-5H3,(H,33,35). The molecule has 2 heterocycles. The highest BCUT2D eigenvalue weighted by Gasteiger charge is 2.46. The maximum absolute atomic E-state index is 14.1. The van der Waals surface area contributed by atoms with Crippen molar-refractivity contribution >= 4 is 32.8 Å². The van der Waals surface area contributed by atoms with Crippen LogP contribution < -0.4 is 11.1 Å². The van der Waals surface area contributed by atoms with Crippen LogP contribution >= 0.6 is 0 Å². The molecule has 0 fully saturated rings. The lowest BCUT2D eigenvalue weighted by Gasteiger charge is -2.39. The molecule has 3 aromatic rings. The molecule has 0 radical (unpaired) electrons. The van der Waals surface area contributed by atoms with Crippen molar-refractivity contribution < 1.29 is 22.7 Å². The van der Waals surface area contributed by atoms with Gasteiger partial charge in [0.05, 0.1) is 10.9 Å². The first-order valence-corrected chi connectivity index (χ1v) is 15.2. The molecule has 2 aromatic carbocycles. The van der Waals surface area contributed by atoms with Gasteiger partial charge in [-0.1, -0.05) is 35.9 Å². The molecule has 1 aromatic heterocycles. The van der Waals surface area contributed by atoms with Crippen LogP contribution in [-0.4, -0.2) is 53.8 Å². The Morgan fingerprint density at radius 1 is 1.12 bits per heavy atom. The highest BCUT2D eigenvalue weighted by atomic mass is 32.2. The quantitative estimate of drug-likeness (QED) is 0.263. The van der Waals surface area contributed by atoms with Gasteiger partial charge in [0.1, 0.15) is 17.7 Å². The molecule has 3 atom stereocenters. The molecule has 1 aliphatic rings. The summed E-state index contributed by atoms with van der Waals surface area (Å²) in [6.07, 6.45) is 1.79. The number of sulfonamides is 1. The van der Waals surface area contributed by atoms with E-state index in [2.05, 4.69) is 10.3 Å². The monoisotopic (exact) mass is 568 g/mol. The number of benzene rings is 2. The molecule has 4 N–H and O–H groups in total. The van der Waals surface area contributed by atoms with E-state index in [1.165, 1.54) is 4.31 Å². The number of carbonyl (C=O) groups is 2. The van der Waals surface area contributed by atoms with Crippen molar-refractivity contribution in [1.29, 1.82) is 0 Å². The van der Waals surface area contributed by atoms with E-state index >= 15 is 0 Å². The van der Waals surface area contributed by atoms with Gasteiger partial charge in [0.15, 0.2) is 0 Å². The molecular weight excluding hydrogens is 528 g/mol. The van der Waals surface area contributed by atoms with E-state index in [1.807, 2.05) is 31.2 Å². The van der Waals surface area contributed by atoms with Gasteiger partial charge in [-0.25, -0.2) is 13.2 Å². The number of carbonyl (C=O) groups excluding carboxylic acids is 2. The summed E-state index contributed by atoms with van der Waals surface area (Å²) in [5.41, 5.74) is 8.37. The number of hydrogen-bond donors (Lipinski definition) is 3. The lowest BCUT2D eigenvalue weighted by Crippen LogP contribution is -2.56. The Morgan fingerprint density at radius 2 is 1.80 bits per heavy atom. The fourth-order valence-electron chi connectivity index (χ4n) is 5.28. The minimum absolute atomic E-state index is 0.106. The van der Waals surface area contributed by atoms with Crippen LogP contribution in [0.5, 0.6) is 0 Å². The summed E-state index contributed by atoms with van der Waals surface area (Å²) in [6, 6.07) is 11.7. The van der Waals surface area contributed by atoms with E-state index in [9.17, 15) is 18.0 Å². The minimum Gasteiger partial charge on any atom is -0.458 e. The van der Waals surface area contributed by atoms with E-state index in [4.69, 9.17) is 10.5 Å². The van der Waals surface area contributed by atoms with Crippen molar-refractivity contribution in [1.82, 2.24) is 14.6 Å². The van der Waals surface area contributed by atoms with Gasteiger partial charge in [-0.15, -0.1) is 0 Å². The summed E-state index contributed by atoms with van der Waals surface area (Å²) in [6.45, 7) is 9.42. The van der Waals surface area contributed by atoms with Crippen molar-refractivity contribution in [2.24, 2.45) is 5.73 Å². The number of aryl methyl sites for hydroxylation is 1. The van der Waals surface area contributed by atoms with Gasteiger partial charge < -0.3 is 20.8 Å². The summed E-state index contributed by atoms with van der Waals surface area (Å²) >= 11 is 0. The molecule has 0 spiro atoms. The Kier molecular flexibility index (Phi) is 8.72. The van der Waals surface area contributed by atoms with Crippen LogP contribution in [0.1, 0.15) is 69.8 Å². The van der Waals surface area contributed by atoms with Crippen LogP contribution in [0, 0.1) is 6.92 Å². The number of esters is 1. The number of amides is 1. The van der Waals surface area contributed by atoms with Crippen LogP contribution in [-0.2, 0) is 30.8 Å². The number of para-hydroxylation sites is 1. The Balaban J connectivity index is 1.75. The number of H-pyrrole nitrogens is 1. The number of aromatic amines is 1. The third-order valence-electron chi connectivity index (χ3n) is 7.20. The molecule has 1 aliphatic heterocycles. The van der Waals surface area contributed by atoms with Crippen LogP contribution in [0.3, 0.4) is 0 Å². The van der Waals surface area contributed by atoms with E-state index in [1.54, 1.807) is 52.0 Å². The average Bonchev–Trinajstić information content (AvgIpc) is 3.26. The van der Waals surface area contributed by atoms with Crippen LogP contribution in [0.15, 0.2) is 53.4 Å². The number of nitrogens with one attached hydrogen (secondary N) is 2. The molecule has 0 bridgehead atoms. The second-order valence-electron chi connectivity index (χ2n) is 11.5. The average molecular weight is 569 g/mol. The molecular formula is C30H40N4O5S. The number of ether oxygens (including phenoxy) is 1. The van der Waals surface area contributed by atoms with Gasteiger partial charge in [-0.3, -0.25) is 4.79 Å². The van der Waals surface area contributed by atoms with Gasteiger partial charge in [0, 0.05) is 23.0 Å². The molecule has 0 saturated heterocycles. The van der Waals surface area contributed by atoms with Crippen LogP contribution in [0.4, 0.5) is 0 Å². The number of aromatic nitrogens is 1. The zero-order valence-corrected chi connectivity index (χ0v) is 24.7. The first-order chi connectivity index (χ1) is 18.8. The highest BCUT2D eigenvalue weighted by Crippen LogP contribution is 2.40. The predicted octanol–water partition coefficient (Wildman–Crippen LogP) is 4.11. The topological polar surface area (TPSA) is 135 Å². The third-order valence-corrected chi connectivity index (χ3v) is 9.20. The summed E-state index contributed by atoms with van der Waals surface area (Å²) in [5.74, 6) is -1.09. The normalized spacial score (nSPS) is 18.8. The van der Waals surface area contributed by atoms with Gasteiger partial charge in [0.2, 0.25) is 15.9 Å². The van der Waals surface area contributed by atoms with Gasteiger partial charge in [0.25, 0.3) is 0 Å². The van der Waals surface area contributed by atoms with Gasteiger partial charge >= 0.3 is 5.97 Å². The third kappa shape index (κ3) is 6.24. The molecule has 40 heavy (non-hydrogen) atoms. The highest BCUT2D eigenvalue weighted by molar-refractivity contribution is 7.89. The Hall–Kier alpha value is -3.21.